The van der Waals surface area contributed by atoms with Gasteiger partial charge >= 0.3 is 30.9 Å². The van der Waals surface area contributed by atoms with Gasteiger partial charge < -0.3 is 9.13 Å². The van der Waals surface area contributed by atoms with Crippen LogP contribution in [0, 0.1) is 38.7 Å². The number of rotatable bonds is 7. The van der Waals surface area contributed by atoms with Crippen molar-refractivity contribution >= 4 is 49.3 Å². The van der Waals surface area contributed by atoms with Gasteiger partial charge in [-0.1, -0.05) is 108 Å². The van der Waals surface area contributed by atoms with Crippen LogP contribution >= 0.6 is 0 Å². The first-order valence-corrected chi connectivity index (χ1v) is 27.0. The first kappa shape index (κ1) is 59.1. The van der Waals surface area contributed by atoms with Crippen LogP contribution in [0.5, 0.6) is 0 Å². The van der Waals surface area contributed by atoms with E-state index in [1.54, 1.807) is 34.9 Å². The molecule has 12 aromatic rings. The fourth-order valence-corrected chi connectivity index (χ4v) is 11.9. The highest BCUT2D eigenvalue weighted by Crippen LogP contribution is 2.49. The van der Waals surface area contributed by atoms with Gasteiger partial charge in [0, 0.05) is 21.5 Å². The lowest BCUT2D eigenvalue weighted by atomic mass is 9.95. The molecule has 12 rings (SSSR count). The standard InChI is InChI=1S/C70H39F15N4/c1-36-8-16-48(56(24-36)68(77,78)79)42-11-19-52-53-21-13-44(50-23-15-46(67(74,75)76)32-58(50)70(83,84)85)31-62(53)88(61(52)29-42)64-33-55(40-7-5-6-39(27-40)35-86)59(87-4)34-65(64)89-60-28-41(47-22-14-45(26-38(47)3)66(71,72)73)10-18-51(60)54-20-12-43(30-63(54)89)49-17-9-37(2)25-57(49)69(80,81)82/h5-34H,1-3H3. The number of nitriles is 1. The number of aromatic nitrogens is 2. The van der Waals surface area contributed by atoms with E-state index in [0.717, 1.165) is 24.3 Å². The molecule has 0 amide bonds. The maximum atomic E-state index is 15.1. The first-order chi connectivity index (χ1) is 41.9. The number of benzene rings is 10. The van der Waals surface area contributed by atoms with E-state index in [1.807, 2.05) is 0 Å². The molecule has 0 aliphatic heterocycles. The molecule has 0 fully saturated rings. The van der Waals surface area contributed by atoms with Crippen molar-refractivity contribution in [2.75, 3.05) is 0 Å². The summed E-state index contributed by atoms with van der Waals surface area (Å²) in [5, 5.41) is 11.5. The Kier molecular flexibility index (Phi) is 13.9. The van der Waals surface area contributed by atoms with E-state index in [-0.39, 0.29) is 112 Å². The zero-order valence-corrected chi connectivity index (χ0v) is 46.3. The largest absolute Gasteiger partial charge is 0.417 e. The summed E-state index contributed by atoms with van der Waals surface area (Å²) in [6, 6.07) is 40.6. The number of alkyl halides is 15. The maximum absolute atomic E-state index is 15.1. The highest BCUT2D eigenvalue weighted by molar-refractivity contribution is 6.14. The third-order valence-corrected chi connectivity index (χ3v) is 15.9. The van der Waals surface area contributed by atoms with E-state index in [2.05, 4.69) is 10.9 Å². The molecule has 0 radical (unpaired) electrons. The van der Waals surface area contributed by atoms with Crippen molar-refractivity contribution < 1.29 is 65.9 Å². The van der Waals surface area contributed by atoms with Crippen molar-refractivity contribution in [3.8, 4) is 73.1 Å². The zero-order chi connectivity index (χ0) is 63.6. The summed E-state index contributed by atoms with van der Waals surface area (Å²) < 4.78 is 224. The molecule has 4 nitrogen and oxygen atoms in total. The third-order valence-electron chi connectivity index (χ3n) is 15.9. The molecule has 0 saturated carbocycles. The first-order valence-electron chi connectivity index (χ1n) is 27.0. The van der Waals surface area contributed by atoms with Crippen LogP contribution in [0.4, 0.5) is 71.5 Å². The number of hydrogen-bond acceptors (Lipinski definition) is 1. The molecule has 0 aliphatic rings. The molecule has 89 heavy (non-hydrogen) atoms. The van der Waals surface area contributed by atoms with Gasteiger partial charge in [-0.3, -0.25) is 0 Å². The van der Waals surface area contributed by atoms with Gasteiger partial charge in [-0.15, -0.1) is 0 Å². The summed E-state index contributed by atoms with van der Waals surface area (Å²) >= 11 is 0. The maximum Gasteiger partial charge on any atom is 0.417 e. The predicted molar refractivity (Wildman–Crippen MR) is 312 cm³/mol. The summed E-state index contributed by atoms with van der Waals surface area (Å²) in [5.74, 6) is 0. The number of halogens is 15. The molecular weight excluding hydrogens is 1180 g/mol. The van der Waals surface area contributed by atoms with E-state index >= 15 is 39.5 Å². The minimum atomic E-state index is -5.36. The Morgan fingerprint density at radius 1 is 0.360 bits per heavy atom. The number of fused-ring (bicyclic) bond motifs is 6. The molecule has 19 heteroatoms. The second-order valence-electron chi connectivity index (χ2n) is 21.6. The number of aryl methyl sites for hydroxylation is 3. The molecule has 2 aromatic heterocycles. The average molecular weight is 1220 g/mol. The molecule has 0 atom stereocenters. The number of hydrogen-bond donors (Lipinski definition) is 0. The van der Waals surface area contributed by atoms with Crippen LogP contribution in [0.1, 0.15) is 50.1 Å². The van der Waals surface area contributed by atoms with Crippen LogP contribution in [0.3, 0.4) is 0 Å². The van der Waals surface area contributed by atoms with E-state index in [9.17, 15) is 31.6 Å². The quantitative estimate of drug-likeness (QED) is 0.116. The average Bonchev–Trinajstić information content (AvgIpc) is 1.59. The fourth-order valence-electron chi connectivity index (χ4n) is 11.9. The Morgan fingerprint density at radius 2 is 0.730 bits per heavy atom. The summed E-state index contributed by atoms with van der Waals surface area (Å²) in [7, 11) is 0. The van der Waals surface area contributed by atoms with Crippen molar-refractivity contribution in [3.05, 3.63) is 243 Å². The van der Waals surface area contributed by atoms with E-state index in [4.69, 9.17) is 6.57 Å². The van der Waals surface area contributed by atoms with Gasteiger partial charge in [0.15, 0.2) is 5.69 Å². The summed E-state index contributed by atoms with van der Waals surface area (Å²) in [6.07, 6.45) is -25.0. The Bertz CT molecular complexity index is 5020. The minimum Gasteiger partial charge on any atom is -0.308 e. The molecular formula is C70H39F15N4. The third kappa shape index (κ3) is 10.5. The van der Waals surface area contributed by atoms with Gasteiger partial charge in [0.05, 0.1) is 79.5 Å². The Balaban J connectivity index is 1.28. The van der Waals surface area contributed by atoms with E-state index in [1.165, 1.54) is 135 Å². The van der Waals surface area contributed by atoms with Gasteiger partial charge in [0.25, 0.3) is 0 Å². The second kappa shape index (κ2) is 21.0. The molecule has 444 valence electrons. The van der Waals surface area contributed by atoms with E-state index in [0.29, 0.717) is 39.6 Å². The molecule has 0 saturated heterocycles. The smallest absolute Gasteiger partial charge is 0.308 e. The predicted octanol–water partition coefficient (Wildman–Crippen LogP) is 22.7. The lowest BCUT2D eigenvalue weighted by Crippen LogP contribution is -2.12. The van der Waals surface area contributed by atoms with Gasteiger partial charge in [-0.2, -0.15) is 71.1 Å². The van der Waals surface area contributed by atoms with Gasteiger partial charge in [-0.05, 0) is 167 Å². The van der Waals surface area contributed by atoms with Crippen LogP contribution in [-0.2, 0) is 30.9 Å². The van der Waals surface area contributed by atoms with Crippen LogP contribution in [0.15, 0.2) is 182 Å². The van der Waals surface area contributed by atoms with Gasteiger partial charge in [-0.25, -0.2) is 4.85 Å². The van der Waals surface area contributed by atoms with Crippen LogP contribution in [-0.4, -0.2) is 9.13 Å². The van der Waals surface area contributed by atoms with Crippen LogP contribution in [0.25, 0.3) is 115 Å². The van der Waals surface area contributed by atoms with Gasteiger partial charge in [0.1, 0.15) is 0 Å². The molecule has 10 aromatic carbocycles. The van der Waals surface area contributed by atoms with Crippen molar-refractivity contribution in [1.29, 1.82) is 5.26 Å². The normalized spacial score (nSPS) is 12.6. The van der Waals surface area contributed by atoms with Crippen LogP contribution < -0.4 is 0 Å². The zero-order valence-electron chi connectivity index (χ0n) is 46.3. The molecule has 0 bridgehead atoms. The monoisotopic (exact) mass is 1220 g/mol. The summed E-state index contributed by atoms with van der Waals surface area (Å²) in [5.41, 5.74) is -5.15. The minimum absolute atomic E-state index is 0.00546. The Hall–Kier alpha value is -10.3. The summed E-state index contributed by atoms with van der Waals surface area (Å²) in [4.78, 5) is 3.94. The van der Waals surface area contributed by atoms with Crippen molar-refractivity contribution in [1.82, 2.24) is 9.13 Å². The van der Waals surface area contributed by atoms with Crippen LogP contribution in [0.2, 0.25) is 0 Å². The molecule has 0 N–H and O–H groups in total. The van der Waals surface area contributed by atoms with E-state index < -0.39 is 64.3 Å². The molecule has 0 aliphatic carbocycles. The van der Waals surface area contributed by atoms with Crippen molar-refractivity contribution in [3.63, 3.8) is 0 Å². The van der Waals surface area contributed by atoms with Gasteiger partial charge in [0.2, 0.25) is 0 Å². The summed E-state index contributed by atoms with van der Waals surface area (Å²) in [6.45, 7) is 13.2. The Labute approximate surface area is 496 Å². The lowest BCUT2D eigenvalue weighted by molar-refractivity contribution is -0.143. The van der Waals surface area contributed by atoms with Crippen molar-refractivity contribution in [2.45, 2.75) is 51.7 Å². The topological polar surface area (TPSA) is 38.0 Å². The lowest BCUT2D eigenvalue weighted by Gasteiger charge is -2.21. The van der Waals surface area contributed by atoms with Crippen molar-refractivity contribution in [2.24, 2.45) is 0 Å². The molecule has 0 spiro atoms. The highest BCUT2D eigenvalue weighted by Gasteiger charge is 2.40. The highest BCUT2D eigenvalue weighted by atomic mass is 19.4. The number of nitrogens with zero attached hydrogens (tertiary/aromatic N) is 4. The fraction of sp³-hybridized carbons (Fsp3) is 0.114. The SMILES string of the molecule is [C-]#[N+]c1cc(-n2c3cc(-c4ccc(C(F)(F)F)cc4C)ccc3c3ccc(-c4ccc(C)cc4C(F)(F)F)cc32)c(-n2c3cc(-c4ccc(C)cc4C(F)(F)F)ccc3c3ccc(-c4ccc(C(F)(F)F)cc4C(F)(F)F)cc32)cc1-c1cccc(C#N)c1. The Morgan fingerprint density at radius 3 is 1.12 bits per heavy atom. The molecule has 0 unspecified atom stereocenters. The second-order valence-corrected chi connectivity index (χ2v) is 21.6. The molecule has 2 heterocycles.